The van der Waals surface area contributed by atoms with E-state index < -0.39 is 11.4 Å². The van der Waals surface area contributed by atoms with E-state index in [0.29, 0.717) is 11.8 Å². The van der Waals surface area contributed by atoms with Crippen molar-refractivity contribution in [2.75, 3.05) is 0 Å². The predicted molar refractivity (Wildman–Crippen MR) is 111 cm³/mol. The lowest BCUT2D eigenvalue weighted by Crippen LogP contribution is -2.64. The number of ether oxygens (including phenoxy) is 1. The van der Waals surface area contributed by atoms with Gasteiger partial charge in [-0.05, 0) is 81.9 Å². The third kappa shape index (κ3) is 3.62. The summed E-state index contributed by atoms with van der Waals surface area (Å²) in [4.78, 5) is 16.2. The van der Waals surface area contributed by atoms with Crippen LogP contribution in [0.1, 0.15) is 46.0 Å². The van der Waals surface area contributed by atoms with Crippen LogP contribution in [0.15, 0.2) is 23.2 Å². The van der Waals surface area contributed by atoms with Crippen molar-refractivity contribution < 1.29 is 13.9 Å². The van der Waals surface area contributed by atoms with Gasteiger partial charge in [-0.3, -0.25) is 4.79 Å². The SMILES string of the molecule is CC(C)(Oc1ccc(Cl)cc1F)/C(=N\C#N)NC1C2CC3CC1CC(C(N)=O)(C3)C2. The molecule has 4 fully saturated rings. The molecule has 0 saturated heterocycles. The summed E-state index contributed by atoms with van der Waals surface area (Å²) in [6, 6.07) is 4.27. The van der Waals surface area contributed by atoms with Crippen molar-refractivity contribution in [2.45, 2.75) is 57.6 Å². The number of primary amides is 1. The van der Waals surface area contributed by atoms with E-state index in [4.69, 9.17) is 22.1 Å². The molecule has 6 nitrogen and oxygen atoms in total. The van der Waals surface area contributed by atoms with Gasteiger partial charge in [0.25, 0.3) is 0 Å². The molecule has 0 aliphatic heterocycles. The van der Waals surface area contributed by atoms with Crippen LogP contribution in [0.25, 0.3) is 0 Å². The van der Waals surface area contributed by atoms with Crippen molar-refractivity contribution in [1.29, 1.82) is 5.26 Å². The molecule has 1 aromatic rings. The molecule has 4 bridgehead atoms. The van der Waals surface area contributed by atoms with Gasteiger partial charge in [0.15, 0.2) is 23.0 Å². The molecule has 4 aliphatic carbocycles. The number of nitrogens with one attached hydrogen (secondary N) is 1. The van der Waals surface area contributed by atoms with E-state index in [2.05, 4.69) is 10.3 Å². The minimum Gasteiger partial charge on any atom is -0.477 e. The Kier molecular flexibility index (Phi) is 5.17. The summed E-state index contributed by atoms with van der Waals surface area (Å²) in [6.07, 6.45) is 6.34. The Morgan fingerprint density at radius 1 is 1.37 bits per heavy atom. The zero-order valence-electron chi connectivity index (χ0n) is 17.1. The number of amides is 1. The molecule has 3 N–H and O–H groups in total. The molecule has 0 radical (unpaired) electrons. The average molecular weight is 433 g/mol. The first-order valence-electron chi connectivity index (χ1n) is 10.3. The lowest BCUT2D eigenvalue weighted by molar-refractivity contribution is -0.145. The fraction of sp³-hybridized carbons (Fsp3) is 0.591. The van der Waals surface area contributed by atoms with Crippen LogP contribution in [0, 0.1) is 40.4 Å². The maximum Gasteiger partial charge on any atom is 0.223 e. The van der Waals surface area contributed by atoms with E-state index in [1.165, 1.54) is 12.1 Å². The van der Waals surface area contributed by atoms with Crippen LogP contribution < -0.4 is 15.8 Å². The molecule has 8 heteroatoms. The number of rotatable bonds is 5. The monoisotopic (exact) mass is 432 g/mol. The molecule has 4 aliphatic rings. The van der Waals surface area contributed by atoms with E-state index in [9.17, 15) is 14.4 Å². The van der Waals surface area contributed by atoms with Gasteiger partial charge < -0.3 is 15.8 Å². The van der Waals surface area contributed by atoms with Gasteiger partial charge in [0.1, 0.15) is 0 Å². The molecule has 30 heavy (non-hydrogen) atoms. The zero-order valence-corrected chi connectivity index (χ0v) is 17.9. The molecular formula is C22H26ClFN4O2. The number of benzene rings is 1. The first-order chi connectivity index (χ1) is 14.1. The smallest absolute Gasteiger partial charge is 0.223 e. The molecule has 0 heterocycles. The van der Waals surface area contributed by atoms with Gasteiger partial charge >= 0.3 is 0 Å². The van der Waals surface area contributed by atoms with Gasteiger partial charge in [-0.15, -0.1) is 0 Å². The molecule has 160 valence electrons. The number of amidine groups is 1. The molecule has 0 aromatic heterocycles. The number of nitriles is 1. The quantitative estimate of drug-likeness (QED) is 0.420. The number of halogens is 2. The minimum atomic E-state index is -1.07. The summed E-state index contributed by atoms with van der Waals surface area (Å²) in [6.45, 7) is 3.48. The summed E-state index contributed by atoms with van der Waals surface area (Å²) in [5, 5.41) is 13.0. The van der Waals surface area contributed by atoms with Crippen molar-refractivity contribution in [3.8, 4) is 11.9 Å². The maximum atomic E-state index is 14.3. The third-order valence-corrected chi connectivity index (χ3v) is 7.33. The Morgan fingerprint density at radius 3 is 2.60 bits per heavy atom. The predicted octanol–water partition coefficient (Wildman–Crippen LogP) is 3.79. The summed E-state index contributed by atoms with van der Waals surface area (Å²) in [5.41, 5.74) is 4.32. The molecule has 5 rings (SSSR count). The van der Waals surface area contributed by atoms with Gasteiger partial charge in [-0.1, -0.05) is 11.6 Å². The van der Waals surface area contributed by atoms with Gasteiger partial charge in [0.05, 0.1) is 0 Å². The van der Waals surface area contributed by atoms with Gasteiger partial charge in [0.2, 0.25) is 12.1 Å². The number of hydrogen-bond acceptors (Lipinski definition) is 4. The van der Waals surface area contributed by atoms with Crippen molar-refractivity contribution >= 4 is 23.3 Å². The largest absolute Gasteiger partial charge is 0.477 e. The van der Waals surface area contributed by atoms with Crippen molar-refractivity contribution in [1.82, 2.24) is 5.32 Å². The van der Waals surface area contributed by atoms with E-state index in [0.717, 1.165) is 32.1 Å². The molecule has 1 aromatic carbocycles. The summed E-state index contributed by atoms with van der Waals surface area (Å²) in [7, 11) is 0. The normalized spacial score (nSPS) is 32.6. The van der Waals surface area contributed by atoms with E-state index in [1.807, 2.05) is 6.19 Å². The molecule has 1 amide bonds. The first kappa shape index (κ1) is 20.9. The minimum absolute atomic E-state index is 0.0367. The molecule has 2 atom stereocenters. The second kappa shape index (κ2) is 7.42. The van der Waals surface area contributed by atoms with Crippen LogP contribution in [0.4, 0.5) is 4.39 Å². The second-order valence-corrected chi connectivity index (χ2v) is 9.97. The van der Waals surface area contributed by atoms with Crippen molar-refractivity contribution in [3.63, 3.8) is 0 Å². The number of carbonyl (C=O) groups excluding carboxylic acids is 1. The van der Waals surface area contributed by atoms with Crippen LogP contribution in [-0.2, 0) is 4.79 Å². The number of aliphatic imine (C=N–C) groups is 1. The molecule has 0 spiro atoms. The van der Waals surface area contributed by atoms with Crippen LogP contribution in [0.2, 0.25) is 5.02 Å². The van der Waals surface area contributed by atoms with E-state index >= 15 is 0 Å². The second-order valence-electron chi connectivity index (χ2n) is 9.53. The maximum absolute atomic E-state index is 14.3. The fourth-order valence-electron chi connectivity index (χ4n) is 5.99. The molecule has 2 unspecified atom stereocenters. The van der Waals surface area contributed by atoms with Crippen molar-refractivity contribution in [3.05, 3.63) is 29.0 Å². The van der Waals surface area contributed by atoms with Crippen LogP contribution in [0.3, 0.4) is 0 Å². The van der Waals surface area contributed by atoms with Gasteiger partial charge in [0, 0.05) is 16.5 Å². The van der Waals surface area contributed by atoms with Crippen LogP contribution >= 0.6 is 11.6 Å². The third-order valence-electron chi connectivity index (χ3n) is 7.09. The highest BCUT2D eigenvalue weighted by Crippen LogP contribution is 2.60. The Bertz CT molecular complexity index is 926. The van der Waals surface area contributed by atoms with Gasteiger partial charge in [-0.25, -0.2) is 4.39 Å². The first-order valence-corrected chi connectivity index (χ1v) is 10.7. The Hall–Kier alpha value is -2.33. The molecular weight excluding hydrogens is 407 g/mol. The van der Waals surface area contributed by atoms with E-state index in [-0.39, 0.29) is 40.0 Å². The zero-order chi connectivity index (χ0) is 21.7. The Morgan fingerprint density at radius 2 is 2.03 bits per heavy atom. The van der Waals surface area contributed by atoms with Gasteiger partial charge in [-0.2, -0.15) is 10.3 Å². The number of hydrogen-bond donors (Lipinski definition) is 2. The number of nitrogens with zero attached hydrogens (tertiary/aromatic N) is 2. The topological polar surface area (TPSA) is 100 Å². The van der Waals surface area contributed by atoms with Crippen molar-refractivity contribution in [2.24, 2.45) is 33.9 Å². The number of nitrogens with two attached hydrogens (primary N) is 1. The van der Waals surface area contributed by atoms with Crippen LogP contribution in [0.5, 0.6) is 5.75 Å². The lowest BCUT2D eigenvalue weighted by atomic mass is 9.47. The highest BCUT2D eigenvalue weighted by Gasteiger charge is 2.58. The number of carbonyl (C=O) groups is 1. The Labute approximate surface area is 180 Å². The summed E-state index contributed by atoms with van der Waals surface area (Å²) in [5.74, 6) is 0.723. The standard InChI is InChI=1S/C22H26ClFN4O2/c1-21(2,30-17-4-3-15(23)7-16(17)24)20(27-11-25)28-18-13-5-12-6-14(18)10-22(8-12,9-13)19(26)29/h3-4,7,12-14,18H,5-6,8-10H2,1-2H3,(H2,26,29)(H,27,28). The molecule has 4 saturated carbocycles. The lowest BCUT2D eigenvalue weighted by Gasteiger charge is -2.59. The highest BCUT2D eigenvalue weighted by molar-refractivity contribution is 6.30. The van der Waals surface area contributed by atoms with E-state index in [1.54, 1.807) is 19.9 Å². The summed E-state index contributed by atoms with van der Waals surface area (Å²) >= 11 is 5.82. The highest BCUT2D eigenvalue weighted by atomic mass is 35.5. The fourth-order valence-corrected chi connectivity index (χ4v) is 6.15. The Balaban J connectivity index is 1.55. The average Bonchev–Trinajstić information content (AvgIpc) is 2.65. The summed E-state index contributed by atoms with van der Waals surface area (Å²) < 4.78 is 20.2. The van der Waals surface area contributed by atoms with Crippen LogP contribution in [-0.4, -0.2) is 23.4 Å².